The summed E-state index contributed by atoms with van der Waals surface area (Å²) in [6.45, 7) is 2.90. The summed E-state index contributed by atoms with van der Waals surface area (Å²) in [5.41, 5.74) is 6.66. The van der Waals surface area contributed by atoms with Crippen LogP contribution in [0, 0.1) is 18.8 Å². The molecular weight excluding hydrogens is 520 g/mol. The first-order chi connectivity index (χ1) is 18.1. The van der Waals surface area contributed by atoms with Gasteiger partial charge in [0.1, 0.15) is 17.2 Å². The van der Waals surface area contributed by atoms with Crippen molar-refractivity contribution < 1.29 is 23.1 Å². The van der Waals surface area contributed by atoms with Crippen LogP contribution in [0.25, 0.3) is 11.0 Å². The summed E-state index contributed by atoms with van der Waals surface area (Å²) in [6.07, 6.45) is 1.76. The van der Waals surface area contributed by atoms with E-state index in [0.717, 1.165) is 4.57 Å². The molecule has 3 heterocycles. The molecule has 10 nitrogen and oxygen atoms in total. The molecule has 200 valence electrons. The predicted molar refractivity (Wildman–Crippen MR) is 138 cm³/mol. The average molecular weight is 546 g/mol. The van der Waals surface area contributed by atoms with E-state index in [1.165, 1.54) is 25.1 Å². The van der Waals surface area contributed by atoms with Crippen LogP contribution in [0.15, 0.2) is 24.8 Å². The topological polar surface area (TPSA) is 120 Å². The number of nitrogens with zero attached hydrogens (tertiary/aromatic N) is 5. The minimum atomic E-state index is -2.77. The molecule has 0 aliphatic carbocycles. The molecule has 0 saturated carbocycles. The maximum atomic E-state index is 13.4. The molecule has 0 bridgehead atoms. The summed E-state index contributed by atoms with van der Waals surface area (Å²) in [4.78, 5) is 30.7. The number of anilines is 1. The van der Waals surface area contributed by atoms with Gasteiger partial charge in [0.2, 0.25) is 5.91 Å². The van der Waals surface area contributed by atoms with Crippen molar-refractivity contribution in [2.75, 3.05) is 32.6 Å². The van der Waals surface area contributed by atoms with E-state index in [-0.39, 0.29) is 45.6 Å². The average Bonchev–Trinajstić information content (AvgIpc) is 3.54. The highest BCUT2D eigenvalue weighted by Gasteiger charge is 2.37. The summed E-state index contributed by atoms with van der Waals surface area (Å²) in [5.74, 6) is 5.22. The number of methoxy groups -OCH3 is 1. The SMILES string of the molecule is C=CC(=O)N1C[C@@H](n2nc(C#Cc3cc4nc(C)n(C(F)F)c4cc3Cl)c(C(N)=O)c2NC)C[C@@H]1COC. The van der Waals surface area contributed by atoms with Crippen molar-refractivity contribution in [3.63, 3.8) is 0 Å². The zero-order valence-corrected chi connectivity index (χ0v) is 21.7. The van der Waals surface area contributed by atoms with Crippen LogP contribution < -0.4 is 11.1 Å². The molecule has 13 heteroatoms. The van der Waals surface area contributed by atoms with Gasteiger partial charge in [0.05, 0.1) is 34.7 Å². The second-order valence-corrected chi connectivity index (χ2v) is 9.11. The predicted octanol–water partition coefficient (Wildman–Crippen LogP) is 3.10. The van der Waals surface area contributed by atoms with Crippen molar-refractivity contribution in [2.24, 2.45) is 5.73 Å². The standard InChI is InChI=1S/C25H26ClF2N7O3/c1-5-21(36)33-11-15(9-16(33)12-38-4)35-24(30-3)22(23(29)37)18(32-35)7-6-14-8-19-20(10-17(14)26)34(25(27)28)13(2)31-19/h5,8,10,15-16,25,30H,1,9,11-12H2,2-4H3,(H2,29,37)/t15-,16+/m0/s1. The molecule has 1 aliphatic rings. The lowest BCUT2D eigenvalue weighted by Crippen LogP contribution is -2.37. The van der Waals surface area contributed by atoms with Gasteiger partial charge >= 0.3 is 6.55 Å². The number of aromatic nitrogens is 4. The molecule has 1 aliphatic heterocycles. The van der Waals surface area contributed by atoms with Gasteiger partial charge in [-0.3, -0.25) is 14.2 Å². The molecule has 1 saturated heterocycles. The van der Waals surface area contributed by atoms with E-state index in [1.807, 2.05) is 0 Å². The van der Waals surface area contributed by atoms with E-state index in [9.17, 15) is 18.4 Å². The zero-order chi connectivity index (χ0) is 27.7. The number of nitrogens with two attached hydrogens (primary N) is 1. The third-order valence-electron chi connectivity index (χ3n) is 6.41. The molecule has 38 heavy (non-hydrogen) atoms. The summed E-state index contributed by atoms with van der Waals surface area (Å²) in [5, 5.41) is 7.66. The van der Waals surface area contributed by atoms with E-state index >= 15 is 0 Å². The van der Waals surface area contributed by atoms with E-state index in [4.69, 9.17) is 22.1 Å². The quantitative estimate of drug-likeness (QED) is 0.348. The van der Waals surface area contributed by atoms with Gasteiger partial charge < -0.3 is 20.7 Å². The number of carbonyl (C=O) groups excluding carboxylic acids is 2. The molecule has 2 atom stereocenters. The summed E-state index contributed by atoms with van der Waals surface area (Å²) >= 11 is 6.35. The normalized spacial score (nSPS) is 17.1. The number of imidazole rings is 1. The molecule has 4 rings (SSSR count). The number of ether oxygens (including phenoxy) is 1. The molecule has 2 aromatic heterocycles. The Morgan fingerprint density at radius 2 is 2.13 bits per heavy atom. The molecule has 0 spiro atoms. The van der Waals surface area contributed by atoms with Crippen molar-refractivity contribution >= 4 is 40.3 Å². The Kier molecular flexibility index (Phi) is 7.71. The lowest BCUT2D eigenvalue weighted by atomic mass is 10.1. The second kappa shape index (κ2) is 10.8. The summed E-state index contributed by atoms with van der Waals surface area (Å²) in [6, 6.07) is 2.37. The Bertz CT molecular complexity index is 1490. The van der Waals surface area contributed by atoms with Gasteiger partial charge in [0.15, 0.2) is 5.69 Å². The van der Waals surface area contributed by atoms with Crippen molar-refractivity contribution in [3.8, 4) is 11.8 Å². The van der Waals surface area contributed by atoms with E-state index < -0.39 is 12.5 Å². The molecular formula is C25H26ClF2N7O3. The number of rotatable bonds is 7. The van der Waals surface area contributed by atoms with Gasteiger partial charge in [-0.2, -0.15) is 13.9 Å². The number of halogens is 3. The molecule has 1 aromatic carbocycles. The number of benzene rings is 1. The van der Waals surface area contributed by atoms with Crippen LogP contribution >= 0.6 is 11.6 Å². The first kappa shape index (κ1) is 27.1. The molecule has 1 fully saturated rings. The highest BCUT2D eigenvalue weighted by molar-refractivity contribution is 6.32. The van der Waals surface area contributed by atoms with Crippen molar-refractivity contribution in [3.05, 3.63) is 52.5 Å². The van der Waals surface area contributed by atoms with Crippen molar-refractivity contribution in [2.45, 2.75) is 32.0 Å². The molecule has 0 unspecified atom stereocenters. The number of alkyl halides is 2. The molecule has 0 radical (unpaired) electrons. The van der Waals surface area contributed by atoms with Gasteiger partial charge in [0.25, 0.3) is 5.91 Å². The molecule has 3 aromatic rings. The van der Waals surface area contributed by atoms with Gasteiger partial charge in [-0.25, -0.2) is 9.67 Å². The van der Waals surface area contributed by atoms with E-state index in [2.05, 4.69) is 33.8 Å². The number of aryl methyl sites for hydroxylation is 1. The Morgan fingerprint density at radius 1 is 1.39 bits per heavy atom. The number of hydrogen-bond acceptors (Lipinski definition) is 6. The Balaban J connectivity index is 1.76. The first-order valence-corrected chi connectivity index (χ1v) is 12.0. The Morgan fingerprint density at radius 3 is 2.74 bits per heavy atom. The monoisotopic (exact) mass is 545 g/mol. The fourth-order valence-electron chi connectivity index (χ4n) is 4.77. The molecule has 3 N–H and O–H groups in total. The maximum absolute atomic E-state index is 13.4. The fourth-order valence-corrected chi connectivity index (χ4v) is 4.98. The largest absolute Gasteiger partial charge is 0.383 e. The number of primary amides is 1. The number of amides is 2. The third-order valence-corrected chi connectivity index (χ3v) is 6.73. The minimum absolute atomic E-state index is 0.0758. The minimum Gasteiger partial charge on any atom is -0.383 e. The molecule has 2 amide bonds. The zero-order valence-electron chi connectivity index (χ0n) is 21.0. The van der Waals surface area contributed by atoms with E-state index in [0.29, 0.717) is 36.5 Å². The summed E-state index contributed by atoms with van der Waals surface area (Å²) < 4.78 is 34.5. The number of hydrogen-bond donors (Lipinski definition) is 2. The van der Waals surface area contributed by atoms with Crippen LogP contribution in [0.2, 0.25) is 5.02 Å². The summed E-state index contributed by atoms with van der Waals surface area (Å²) in [7, 11) is 3.18. The number of fused-ring (bicyclic) bond motifs is 1. The van der Waals surface area contributed by atoms with Crippen LogP contribution in [0.5, 0.6) is 0 Å². The fraction of sp³-hybridized carbons (Fsp3) is 0.360. The van der Waals surface area contributed by atoms with Crippen LogP contribution in [-0.4, -0.2) is 69.4 Å². The maximum Gasteiger partial charge on any atom is 0.320 e. The van der Waals surface area contributed by atoms with Crippen LogP contribution in [-0.2, 0) is 9.53 Å². The van der Waals surface area contributed by atoms with Gasteiger partial charge in [-0.1, -0.05) is 24.1 Å². The number of carbonyl (C=O) groups is 2. The van der Waals surface area contributed by atoms with Gasteiger partial charge in [-0.05, 0) is 37.5 Å². The lowest BCUT2D eigenvalue weighted by molar-refractivity contribution is -0.127. The second-order valence-electron chi connectivity index (χ2n) is 8.70. The van der Waals surface area contributed by atoms with Crippen LogP contribution in [0.4, 0.5) is 14.6 Å². The van der Waals surface area contributed by atoms with Gasteiger partial charge in [0, 0.05) is 26.3 Å². The highest BCUT2D eigenvalue weighted by Crippen LogP contribution is 2.33. The first-order valence-electron chi connectivity index (χ1n) is 11.6. The van der Waals surface area contributed by atoms with Crippen LogP contribution in [0.3, 0.4) is 0 Å². The highest BCUT2D eigenvalue weighted by atomic mass is 35.5. The van der Waals surface area contributed by atoms with Gasteiger partial charge in [-0.15, -0.1) is 0 Å². The number of nitrogens with one attached hydrogen (secondary N) is 1. The Labute approximate surface area is 222 Å². The smallest absolute Gasteiger partial charge is 0.320 e. The van der Waals surface area contributed by atoms with Crippen molar-refractivity contribution in [1.82, 2.24) is 24.2 Å². The van der Waals surface area contributed by atoms with E-state index in [1.54, 1.807) is 23.7 Å². The van der Waals surface area contributed by atoms with Crippen LogP contribution in [0.1, 0.15) is 46.5 Å². The van der Waals surface area contributed by atoms with Crippen molar-refractivity contribution in [1.29, 1.82) is 0 Å². The Hall–Kier alpha value is -3.95. The lowest BCUT2D eigenvalue weighted by Gasteiger charge is -2.22. The third kappa shape index (κ3) is 4.82. The number of likely N-dealkylation sites (tertiary alicyclic amines) is 1.